The predicted octanol–water partition coefficient (Wildman–Crippen LogP) is 1.91. The van der Waals surface area contributed by atoms with Gasteiger partial charge in [0.05, 0.1) is 6.54 Å². The number of hydrogen-bond donors (Lipinski definition) is 1. The molecule has 2 bridgehead atoms. The van der Waals surface area contributed by atoms with Gasteiger partial charge in [0.2, 0.25) is 5.91 Å². The number of benzene rings is 1. The Labute approximate surface area is 155 Å². The van der Waals surface area contributed by atoms with Gasteiger partial charge >= 0.3 is 0 Å². The molecule has 1 aromatic rings. The van der Waals surface area contributed by atoms with E-state index in [9.17, 15) is 4.79 Å². The topological polar surface area (TPSA) is 64.1 Å². The Hall–Kier alpha value is -2.08. The van der Waals surface area contributed by atoms with Gasteiger partial charge in [-0.3, -0.25) is 14.5 Å². The molecule has 1 saturated carbocycles. The summed E-state index contributed by atoms with van der Waals surface area (Å²) in [7, 11) is 0. The zero-order valence-electron chi connectivity index (χ0n) is 15.3. The highest BCUT2D eigenvalue weighted by Gasteiger charge is 2.38. The van der Waals surface area contributed by atoms with E-state index in [1.54, 1.807) is 0 Å². The van der Waals surface area contributed by atoms with Gasteiger partial charge in [-0.1, -0.05) is 18.2 Å². The Bertz CT molecular complexity index is 595. The molecule has 6 heteroatoms. The van der Waals surface area contributed by atoms with E-state index < -0.39 is 0 Å². The summed E-state index contributed by atoms with van der Waals surface area (Å²) in [6.45, 7) is 5.30. The minimum Gasteiger partial charge on any atom is -0.483 e. The molecule has 2 aliphatic heterocycles. The Balaban J connectivity index is 0.000000613. The lowest BCUT2D eigenvalue weighted by atomic mass is 10.1. The van der Waals surface area contributed by atoms with Crippen LogP contribution in [-0.2, 0) is 9.59 Å². The van der Waals surface area contributed by atoms with Crippen LogP contribution < -0.4 is 4.90 Å². The van der Waals surface area contributed by atoms with E-state index in [1.807, 2.05) is 0 Å². The molecule has 2 heterocycles. The number of piperidine rings is 1. The van der Waals surface area contributed by atoms with Crippen LogP contribution >= 0.6 is 0 Å². The molecule has 0 aromatic heterocycles. The van der Waals surface area contributed by atoms with Gasteiger partial charge in [0.1, 0.15) is 0 Å². The van der Waals surface area contributed by atoms with Gasteiger partial charge in [0.15, 0.2) is 0 Å². The second kappa shape index (κ2) is 9.03. The Kier molecular flexibility index (Phi) is 6.50. The van der Waals surface area contributed by atoms with Gasteiger partial charge in [-0.25, -0.2) is 0 Å². The number of hydrogen-bond acceptors (Lipinski definition) is 4. The van der Waals surface area contributed by atoms with E-state index >= 15 is 0 Å². The molecule has 0 spiro atoms. The Morgan fingerprint density at radius 1 is 1.12 bits per heavy atom. The summed E-state index contributed by atoms with van der Waals surface area (Å²) in [6, 6.07) is 11.3. The first-order valence-corrected chi connectivity index (χ1v) is 9.61. The van der Waals surface area contributed by atoms with E-state index in [1.165, 1.54) is 24.9 Å². The monoisotopic (exact) mass is 359 g/mol. The lowest BCUT2D eigenvalue weighted by molar-refractivity contribution is -0.132. The molecule has 4 rings (SSSR count). The normalized spacial score (nSPS) is 25.4. The number of amides is 1. The van der Waals surface area contributed by atoms with Crippen molar-refractivity contribution in [3.8, 4) is 0 Å². The second-order valence-electron chi connectivity index (χ2n) is 7.42. The van der Waals surface area contributed by atoms with E-state index in [4.69, 9.17) is 9.90 Å². The van der Waals surface area contributed by atoms with Crippen LogP contribution in [-0.4, -0.2) is 72.6 Å². The standard InChI is InChI=1S/C19H27N3O.CH2O2/c23-19(15-22-14-16-7-8-18(22)13-16)21-10-4-9-20(11-12-21)17-5-2-1-3-6-17;2-1-3/h1-3,5-6,16,18H,4,7-15H2;1H,(H,2,3)/t16-,18+;/m1./s1. The lowest BCUT2D eigenvalue weighted by Crippen LogP contribution is -2.44. The van der Waals surface area contributed by atoms with E-state index in [-0.39, 0.29) is 6.47 Å². The zero-order valence-corrected chi connectivity index (χ0v) is 15.3. The summed E-state index contributed by atoms with van der Waals surface area (Å²) in [5, 5.41) is 6.89. The van der Waals surface area contributed by atoms with Crippen molar-refractivity contribution in [1.82, 2.24) is 9.80 Å². The maximum atomic E-state index is 12.7. The maximum absolute atomic E-state index is 12.7. The van der Waals surface area contributed by atoms with Crippen molar-refractivity contribution in [2.45, 2.75) is 31.7 Å². The van der Waals surface area contributed by atoms with Crippen LogP contribution in [0.4, 0.5) is 5.69 Å². The van der Waals surface area contributed by atoms with Gasteiger partial charge in [-0.2, -0.15) is 0 Å². The summed E-state index contributed by atoms with van der Waals surface area (Å²) in [5.41, 5.74) is 1.28. The predicted molar refractivity (Wildman–Crippen MR) is 101 cm³/mol. The molecule has 2 saturated heterocycles. The molecule has 1 aromatic carbocycles. The third kappa shape index (κ3) is 4.55. The minimum absolute atomic E-state index is 0.250. The second-order valence-corrected chi connectivity index (χ2v) is 7.42. The zero-order chi connectivity index (χ0) is 18.4. The number of fused-ring (bicyclic) bond motifs is 2. The van der Waals surface area contributed by atoms with E-state index in [2.05, 4.69) is 45.0 Å². The van der Waals surface area contributed by atoms with Crippen molar-refractivity contribution in [3.05, 3.63) is 30.3 Å². The highest BCUT2D eigenvalue weighted by Crippen LogP contribution is 2.37. The largest absolute Gasteiger partial charge is 0.483 e. The van der Waals surface area contributed by atoms with Crippen LogP contribution in [0.15, 0.2) is 30.3 Å². The van der Waals surface area contributed by atoms with Crippen LogP contribution in [0, 0.1) is 5.92 Å². The lowest BCUT2D eigenvalue weighted by Gasteiger charge is -2.29. The van der Waals surface area contributed by atoms with Crippen molar-refractivity contribution >= 4 is 18.1 Å². The number of rotatable bonds is 3. The van der Waals surface area contributed by atoms with Gasteiger partial charge in [0.25, 0.3) is 6.47 Å². The van der Waals surface area contributed by atoms with Gasteiger partial charge in [0, 0.05) is 44.5 Å². The number of anilines is 1. The van der Waals surface area contributed by atoms with Crippen molar-refractivity contribution in [1.29, 1.82) is 0 Å². The summed E-state index contributed by atoms with van der Waals surface area (Å²) < 4.78 is 0. The summed E-state index contributed by atoms with van der Waals surface area (Å²) >= 11 is 0. The average Bonchev–Trinajstić information content (AvgIpc) is 3.18. The van der Waals surface area contributed by atoms with Crippen LogP contribution in [0.5, 0.6) is 0 Å². The first-order chi connectivity index (χ1) is 12.7. The fraction of sp³-hybridized carbons (Fsp3) is 0.600. The van der Waals surface area contributed by atoms with Gasteiger partial charge in [-0.15, -0.1) is 0 Å². The molecule has 2 atom stereocenters. The number of likely N-dealkylation sites (tertiary alicyclic amines) is 1. The molecular weight excluding hydrogens is 330 g/mol. The number of carboxylic acid groups (broad SMARTS) is 1. The summed E-state index contributed by atoms with van der Waals surface area (Å²) in [6.07, 6.45) is 5.08. The smallest absolute Gasteiger partial charge is 0.290 e. The van der Waals surface area contributed by atoms with Crippen LogP contribution in [0.1, 0.15) is 25.7 Å². The summed E-state index contributed by atoms with van der Waals surface area (Å²) in [4.78, 5) is 28.0. The van der Waals surface area contributed by atoms with Gasteiger partial charge in [-0.05, 0) is 43.7 Å². The van der Waals surface area contributed by atoms with Crippen molar-refractivity contribution < 1.29 is 14.7 Å². The fourth-order valence-electron chi connectivity index (χ4n) is 4.56. The SMILES string of the molecule is O=C(CN1C[C@@H]2CC[C@H]1C2)N1CCCN(c2ccccc2)CC1.O=CO. The third-order valence-electron chi connectivity index (χ3n) is 5.83. The maximum Gasteiger partial charge on any atom is 0.290 e. The Morgan fingerprint density at radius 2 is 1.88 bits per heavy atom. The van der Waals surface area contributed by atoms with E-state index in [0.29, 0.717) is 18.5 Å². The minimum atomic E-state index is -0.250. The highest BCUT2D eigenvalue weighted by molar-refractivity contribution is 5.78. The first kappa shape index (κ1) is 18.7. The average molecular weight is 359 g/mol. The molecule has 142 valence electrons. The molecule has 1 amide bonds. The van der Waals surface area contributed by atoms with E-state index in [0.717, 1.165) is 45.1 Å². The molecule has 1 N–H and O–H groups in total. The molecule has 3 fully saturated rings. The number of nitrogens with zero attached hydrogens (tertiary/aromatic N) is 3. The first-order valence-electron chi connectivity index (χ1n) is 9.61. The van der Waals surface area contributed by atoms with Crippen LogP contribution in [0.2, 0.25) is 0 Å². The van der Waals surface area contributed by atoms with Crippen molar-refractivity contribution in [2.24, 2.45) is 5.92 Å². The molecule has 3 aliphatic rings. The number of carbonyl (C=O) groups is 2. The molecule has 6 nitrogen and oxygen atoms in total. The molecular formula is C20H29N3O3. The summed E-state index contributed by atoms with van der Waals surface area (Å²) in [5.74, 6) is 1.21. The quantitative estimate of drug-likeness (QED) is 0.836. The van der Waals surface area contributed by atoms with Crippen molar-refractivity contribution in [3.63, 3.8) is 0 Å². The fourth-order valence-corrected chi connectivity index (χ4v) is 4.56. The Morgan fingerprint density at radius 3 is 2.54 bits per heavy atom. The number of carbonyl (C=O) groups excluding carboxylic acids is 1. The van der Waals surface area contributed by atoms with Crippen LogP contribution in [0.3, 0.4) is 0 Å². The molecule has 26 heavy (non-hydrogen) atoms. The molecule has 0 unspecified atom stereocenters. The highest BCUT2D eigenvalue weighted by atomic mass is 16.3. The number of para-hydroxylation sites is 1. The third-order valence-corrected chi connectivity index (χ3v) is 5.83. The molecule has 0 radical (unpaired) electrons. The van der Waals surface area contributed by atoms with Gasteiger partial charge < -0.3 is 14.9 Å². The molecule has 1 aliphatic carbocycles. The van der Waals surface area contributed by atoms with Crippen molar-refractivity contribution in [2.75, 3.05) is 44.2 Å². The van der Waals surface area contributed by atoms with Crippen LogP contribution in [0.25, 0.3) is 0 Å².